The minimum absolute atomic E-state index is 0.273. The summed E-state index contributed by atoms with van der Waals surface area (Å²) in [5, 5.41) is 4.45. The van der Waals surface area contributed by atoms with Crippen molar-refractivity contribution in [1.82, 2.24) is 10.3 Å². The molecule has 0 spiro atoms. The Balaban J connectivity index is 2.23. The van der Waals surface area contributed by atoms with Gasteiger partial charge in [-0.1, -0.05) is 15.9 Å². The van der Waals surface area contributed by atoms with Gasteiger partial charge in [0.15, 0.2) is 0 Å². The highest BCUT2D eigenvalue weighted by atomic mass is 79.9. The molecule has 1 aromatic heterocycles. The van der Waals surface area contributed by atoms with E-state index in [1.165, 1.54) is 10.4 Å². The van der Waals surface area contributed by atoms with Crippen molar-refractivity contribution in [2.24, 2.45) is 0 Å². The maximum atomic E-state index is 5.28. The van der Waals surface area contributed by atoms with Crippen LogP contribution in [0.5, 0.6) is 5.75 Å². The predicted molar refractivity (Wildman–Crippen MR) is 83.0 cm³/mol. The van der Waals surface area contributed by atoms with Crippen LogP contribution < -0.4 is 10.1 Å². The number of aryl methyl sites for hydroxylation is 1. The van der Waals surface area contributed by atoms with Crippen molar-refractivity contribution in [2.45, 2.75) is 19.4 Å². The van der Waals surface area contributed by atoms with E-state index in [1.807, 2.05) is 32.3 Å². The molecule has 0 aliphatic heterocycles. The van der Waals surface area contributed by atoms with Gasteiger partial charge in [0, 0.05) is 21.6 Å². The van der Waals surface area contributed by atoms with Gasteiger partial charge in [-0.2, -0.15) is 0 Å². The van der Waals surface area contributed by atoms with Crippen LogP contribution in [-0.4, -0.2) is 19.1 Å². The Bertz CT molecular complexity index is 556. The third-order valence-corrected chi connectivity index (χ3v) is 4.81. The molecule has 1 unspecified atom stereocenters. The van der Waals surface area contributed by atoms with Crippen molar-refractivity contribution in [1.29, 1.82) is 0 Å². The van der Waals surface area contributed by atoms with Crippen LogP contribution in [0, 0.1) is 6.92 Å². The highest BCUT2D eigenvalue weighted by Crippen LogP contribution is 2.29. The first kappa shape index (κ1) is 14.5. The lowest BCUT2D eigenvalue weighted by molar-refractivity contribution is 0.414. The Morgan fingerprint density at radius 2 is 2.26 bits per heavy atom. The van der Waals surface area contributed by atoms with Gasteiger partial charge in [-0.25, -0.2) is 4.98 Å². The second-order valence-electron chi connectivity index (χ2n) is 4.28. The number of likely N-dealkylation sites (N-methyl/N-ethyl adjacent to an activating group) is 1. The standard InChI is InChI=1S/C14H17BrN2OS/c1-9-17-8-14(19-9)13(16-2)7-10-6-11(18-3)4-5-12(10)15/h4-6,8,13,16H,7H2,1-3H3. The van der Waals surface area contributed by atoms with Gasteiger partial charge in [0.05, 0.1) is 12.1 Å². The molecule has 0 aliphatic rings. The molecule has 0 saturated carbocycles. The maximum Gasteiger partial charge on any atom is 0.119 e. The number of rotatable bonds is 5. The summed E-state index contributed by atoms with van der Waals surface area (Å²) in [6.07, 6.45) is 2.85. The third kappa shape index (κ3) is 3.55. The van der Waals surface area contributed by atoms with Crippen molar-refractivity contribution >= 4 is 27.3 Å². The number of ether oxygens (including phenoxy) is 1. The zero-order valence-electron chi connectivity index (χ0n) is 11.2. The number of nitrogens with zero attached hydrogens (tertiary/aromatic N) is 1. The van der Waals surface area contributed by atoms with Crippen molar-refractivity contribution in [3.63, 3.8) is 0 Å². The summed E-state index contributed by atoms with van der Waals surface area (Å²) in [6, 6.07) is 6.33. The van der Waals surface area contributed by atoms with E-state index in [4.69, 9.17) is 4.74 Å². The zero-order chi connectivity index (χ0) is 13.8. The van der Waals surface area contributed by atoms with Crippen LogP contribution >= 0.6 is 27.3 Å². The molecule has 2 rings (SSSR count). The van der Waals surface area contributed by atoms with Gasteiger partial charge >= 0.3 is 0 Å². The molecule has 0 saturated heterocycles. The van der Waals surface area contributed by atoms with E-state index in [9.17, 15) is 0 Å². The summed E-state index contributed by atoms with van der Waals surface area (Å²) >= 11 is 5.33. The Morgan fingerprint density at radius 3 is 2.84 bits per heavy atom. The van der Waals surface area contributed by atoms with Crippen molar-refractivity contribution in [3.05, 3.63) is 44.3 Å². The summed E-state index contributed by atoms with van der Waals surface area (Å²) in [6.45, 7) is 2.03. The molecule has 5 heteroatoms. The summed E-state index contributed by atoms with van der Waals surface area (Å²) < 4.78 is 6.39. The Kier molecular flexibility index (Phi) is 4.96. The number of benzene rings is 1. The number of methoxy groups -OCH3 is 1. The van der Waals surface area contributed by atoms with E-state index in [2.05, 4.69) is 32.3 Å². The monoisotopic (exact) mass is 340 g/mol. The van der Waals surface area contributed by atoms with Crippen molar-refractivity contribution < 1.29 is 4.74 Å². The minimum atomic E-state index is 0.273. The third-order valence-electron chi connectivity index (χ3n) is 3.01. The molecule has 0 radical (unpaired) electrons. The first-order chi connectivity index (χ1) is 9.13. The fourth-order valence-electron chi connectivity index (χ4n) is 1.94. The van der Waals surface area contributed by atoms with Crippen LogP contribution in [-0.2, 0) is 6.42 Å². The molecule has 1 atom stereocenters. The van der Waals surface area contributed by atoms with E-state index < -0.39 is 0 Å². The topological polar surface area (TPSA) is 34.1 Å². The normalized spacial score (nSPS) is 12.4. The van der Waals surface area contributed by atoms with Crippen LogP contribution in [0.2, 0.25) is 0 Å². The average molecular weight is 341 g/mol. The molecule has 2 aromatic rings. The number of hydrogen-bond acceptors (Lipinski definition) is 4. The molecule has 0 aliphatic carbocycles. The highest BCUT2D eigenvalue weighted by Gasteiger charge is 2.15. The molecule has 0 amide bonds. The van der Waals surface area contributed by atoms with Gasteiger partial charge in [0.25, 0.3) is 0 Å². The molecule has 1 heterocycles. The van der Waals surface area contributed by atoms with E-state index in [1.54, 1.807) is 18.4 Å². The summed E-state index contributed by atoms with van der Waals surface area (Å²) in [5.74, 6) is 0.883. The molecular formula is C14H17BrN2OS. The van der Waals surface area contributed by atoms with E-state index in [-0.39, 0.29) is 6.04 Å². The average Bonchev–Trinajstić information content (AvgIpc) is 2.84. The first-order valence-electron chi connectivity index (χ1n) is 6.06. The summed E-state index contributed by atoms with van der Waals surface area (Å²) in [7, 11) is 3.67. The molecule has 3 nitrogen and oxygen atoms in total. The molecule has 0 bridgehead atoms. The predicted octanol–water partition coefficient (Wildman–Crippen LogP) is 3.73. The number of halogens is 1. The van der Waals surface area contributed by atoms with Gasteiger partial charge in [-0.15, -0.1) is 11.3 Å². The molecule has 1 aromatic carbocycles. The van der Waals surface area contributed by atoms with E-state index in [0.29, 0.717) is 0 Å². The summed E-state index contributed by atoms with van der Waals surface area (Å²) in [5.41, 5.74) is 1.23. The zero-order valence-corrected chi connectivity index (χ0v) is 13.6. The van der Waals surface area contributed by atoms with Crippen LogP contribution in [0.25, 0.3) is 0 Å². The van der Waals surface area contributed by atoms with Crippen LogP contribution in [0.3, 0.4) is 0 Å². The van der Waals surface area contributed by atoms with Gasteiger partial charge < -0.3 is 10.1 Å². The van der Waals surface area contributed by atoms with Crippen LogP contribution in [0.4, 0.5) is 0 Å². The van der Waals surface area contributed by atoms with Crippen LogP contribution in [0.15, 0.2) is 28.9 Å². The van der Waals surface area contributed by atoms with E-state index >= 15 is 0 Å². The lowest BCUT2D eigenvalue weighted by Crippen LogP contribution is -2.18. The second kappa shape index (κ2) is 6.50. The Hall–Kier alpha value is -0.910. The first-order valence-corrected chi connectivity index (χ1v) is 7.67. The maximum absolute atomic E-state index is 5.28. The van der Waals surface area contributed by atoms with Gasteiger partial charge in [0.2, 0.25) is 0 Å². The number of nitrogens with one attached hydrogen (secondary N) is 1. The number of thiazole rings is 1. The number of hydrogen-bond donors (Lipinski definition) is 1. The quantitative estimate of drug-likeness (QED) is 0.900. The fraction of sp³-hybridized carbons (Fsp3) is 0.357. The number of aromatic nitrogens is 1. The van der Waals surface area contributed by atoms with Crippen molar-refractivity contribution in [2.75, 3.05) is 14.2 Å². The van der Waals surface area contributed by atoms with E-state index in [0.717, 1.165) is 21.7 Å². The largest absolute Gasteiger partial charge is 0.497 e. The van der Waals surface area contributed by atoms with Gasteiger partial charge in [0.1, 0.15) is 5.75 Å². The molecule has 102 valence electrons. The Labute approximate surface area is 126 Å². The minimum Gasteiger partial charge on any atom is -0.497 e. The molecule has 0 fully saturated rings. The lowest BCUT2D eigenvalue weighted by Gasteiger charge is -2.16. The molecule has 19 heavy (non-hydrogen) atoms. The van der Waals surface area contributed by atoms with Gasteiger partial charge in [-0.3, -0.25) is 0 Å². The summed E-state index contributed by atoms with van der Waals surface area (Å²) in [4.78, 5) is 5.58. The highest BCUT2D eigenvalue weighted by molar-refractivity contribution is 9.10. The second-order valence-corrected chi connectivity index (χ2v) is 6.41. The van der Waals surface area contributed by atoms with Crippen LogP contribution in [0.1, 0.15) is 21.5 Å². The van der Waals surface area contributed by atoms with Crippen molar-refractivity contribution in [3.8, 4) is 5.75 Å². The van der Waals surface area contributed by atoms with Gasteiger partial charge in [-0.05, 0) is 44.2 Å². The smallest absolute Gasteiger partial charge is 0.119 e. The fourth-order valence-corrected chi connectivity index (χ4v) is 3.24. The molecular weight excluding hydrogens is 324 g/mol. The molecule has 1 N–H and O–H groups in total. The lowest BCUT2D eigenvalue weighted by atomic mass is 10.0. The SMILES string of the molecule is CNC(Cc1cc(OC)ccc1Br)c1cnc(C)s1. The Morgan fingerprint density at radius 1 is 1.47 bits per heavy atom.